The van der Waals surface area contributed by atoms with Crippen LogP contribution in [0.4, 0.5) is 5.82 Å². The standard InChI is InChI=1S/C15H11ClN4/c1-10(12-4-2-3-11(7-12)8-17)19-15-6-5-13(16)14(9-18)20-15/h2-7,10H,1H3,(H,19,20). The Morgan fingerprint density at radius 3 is 2.70 bits per heavy atom. The summed E-state index contributed by atoms with van der Waals surface area (Å²) >= 11 is 5.84. The van der Waals surface area contributed by atoms with Crippen LogP contribution in [0, 0.1) is 22.7 Å². The van der Waals surface area contributed by atoms with Crippen LogP contribution in [0.1, 0.15) is 29.8 Å². The summed E-state index contributed by atoms with van der Waals surface area (Å²) in [5.74, 6) is 0.570. The van der Waals surface area contributed by atoms with Gasteiger partial charge in [0.25, 0.3) is 0 Å². The maximum atomic E-state index is 8.90. The highest BCUT2D eigenvalue weighted by molar-refractivity contribution is 6.31. The van der Waals surface area contributed by atoms with Gasteiger partial charge in [-0.05, 0) is 36.8 Å². The minimum Gasteiger partial charge on any atom is -0.364 e. The van der Waals surface area contributed by atoms with Gasteiger partial charge in [-0.1, -0.05) is 23.7 Å². The summed E-state index contributed by atoms with van der Waals surface area (Å²) in [6.07, 6.45) is 0. The third-order valence-corrected chi connectivity index (χ3v) is 3.14. The number of nitrogens with zero attached hydrogens (tertiary/aromatic N) is 3. The van der Waals surface area contributed by atoms with E-state index in [2.05, 4.69) is 16.4 Å². The molecule has 1 unspecified atom stereocenters. The van der Waals surface area contributed by atoms with E-state index in [-0.39, 0.29) is 11.7 Å². The van der Waals surface area contributed by atoms with E-state index in [1.54, 1.807) is 18.2 Å². The molecule has 0 amide bonds. The van der Waals surface area contributed by atoms with Gasteiger partial charge in [-0.3, -0.25) is 0 Å². The SMILES string of the molecule is CC(Nc1ccc(Cl)c(C#N)n1)c1cccc(C#N)c1. The molecule has 0 spiro atoms. The molecule has 98 valence electrons. The fraction of sp³-hybridized carbons (Fsp3) is 0.133. The molecule has 0 bridgehead atoms. The van der Waals surface area contributed by atoms with E-state index >= 15 is 0 Å². The van der Waals surface area contributed by atoms with Crippen molar-refractivity contribution in [1.29, 1.82) is 10.5 Å². The van der Waals surface area contributed by atoms with Gasteiger partial charge < -0.3 is 5.32 Å². The first-order chi connectivity index (χ1) is 9.63. The number of halogens is 1. The Morgan fingerprint density at radius 1 is 1.20 bits per heavy atom. The molecule has 0 saturated heterocycles. The van der Waals surface area contributed by atoms with Crippen LogP contribution in [0.2, 0.25) is 5.02 Å². The number of hydrogen-bond donors (Lipinski definition) is 1. The topological polar surface area (TPSA) is 72.5 Å². The lowest BCUT2D eigenvalue weighted by Crippen LogP contribution is -2.08. The molecular weight excluding hydrogens is 272 g/mol. The van der Waals surface area contributed by atoms with E-state index in [1.807, 2.05) is 31.2 Å². The van der Waals surface area contributed by atoms with Gasteiger partial charge >= 0.3 is 0 Å². The van der Waals surface area contributed by atoms with Crippen LogP contribution in [-0.2, 0) is 0 Å². The number of benzene rings is 1. The molecule has 0 aliphatic carbocycles. The Labute approximate surface area is 122 Å². The summed E-state index contributed by atoms with van der Waals surface area (Å²) in [4.78, 5) is 4.13. The summed E-state index contributed by atoms with van der Waals surface area (Å²) in [6, 6.07) is 14.7. The second kappa shape index (κ2) is 6.06. The van der Waals surface area contributed by atoms with Crippen molar-refractivity contribution < 1.29 is 0 Å². The number of rotatable bonds is 3. The molecule has 4 nitrogen and oxygen atoms in total. The van der Waals surface area contributed by atoms with Crippen molar-refractivity contribution in [3.8, 4) is 12.1 Å². The Bertz CT molecular complexity index is 713. The first-order valence-corrected chi connectivity index (χ1v) is 6.35. The second-order valence-electron chi connectivity index (χ2n) is 4.24. The molecule has 5 heteroatoms. The lowest BCUT2D eigenvalue weighted by molar-refractivity contribution is 0.873. The average Bonchev–Trinajstić information content (AvgIpc) is 2.49. The van der Waals surface area contributed by atoms with Crippen molar-refractivity contribution in [2.75, 3.05) is 5.32 Å². The molecule has 1 heterocycles. The number of anilines is 1. The minimum absolute atomic E-state index is 0.0384. The zero-order valence-corrected chi connectivity index (χ0v) is 11.5. The smallest absolute Gasteiger partial charge is 0.161 e. The summed E-state index contributed by atoms with van der Waals surface area (Å²) in [5, 5.41) is 21.3. The molecule has 0 fully saturated rings. The first-order valence-electron chi connectivity index (χ1n) is 5.97. The van der Waals surface area contributed by atoms with Crippen molar-refractivity contribution in [3.05, 3.63) is 58.2 Å². The molecular formula is C15H11ClN4. The van der Waals surface area contributed by atoms with Crippen molar-refractivity contribution in [2.24, 2.45) is 0 Å². The van der Waals surface area contributed by atoms with Gasteiger partial charge in [0, 0.05) is 6.04 Å². The molecule has 1 N–H and O–H groups in total. The largest absolute Gasteiger partial charge is 0.364 e. The lowest BCUT2D eigenvalue weighted by atomic mass is 10.1. The van der Waals surface area contributed by atoms with Gasteiger partial charge in [-0.25, -0.2) is 4.98 Å². The molecule has 0 aliphatic rings. The van der Waals surface area contributed by atoms with Crippen molar-refractivity contribution in [3.63, 3.8) is 0 Å². The zero-order chi connectivity index (χ0) is 14.5. The molecule has 1 aromatic carbocycles. The highest BCUT2D eigenvalue weighted by Crippen LogP contribution is 2.21. The molecule has 0 aliphatic heterocycles. The minimum atomic E-state index is -0.0384. The molecule has 2 rings (SSSR count). The summed E-state index contributed by atoms with van der Waals surface area (Å²) < 4.78 is 0. The van der Waals surface area contributed by atoms with Gasteiger partial charge in [0.15, 0.2) is 5.69 Å². The predicted octanol–water partition coefficient (Wildman–Crippen LogP) is 3.65. The van der Waals surface area contributed by atoms with E-state index in [0.717, 1.165) is 5.56 Å². The molecule has 20 heavy (non-hydrogen) atoms. The van der Waals surface area contributed by atoms with Gasteiger partial charge in [-0.2, -0.15) is 10.5 Å². The second-order valence-corrected chi connectivity index (χ2v) is 4.65. The summed E-state index contributed by atoms with van der Waals surface area (Å²) in [7, 11) is 0. The first kappa shape index (κ1) is 13.9. The van der Waals surface area contributed by atoms with Gasteiger partial charge in [-0.15, -0.1) is 0 Å². The van der Waals surface area contributed by atoms with E-state index in [4.69, 9.17) is 22.1 Å². The van der Waals surface area contributed by atoms with Crippen molar-refractivity contribution in [1.82, 2.24) is 4.98 Å². The van der Waals surface area contributed by atoms with Crippen molar-refractivity contribution >= 4 is 17.4 Å². The number of nitriles is 2. The number of pyridine rings is 1. The maximum absolute atomic E-state index is 8.90. The van der Waals surface area contributed by atoms with Crippen LogP contribution in [0.15, 0.2) is 36.4 Å². The average molecular weight is 283 g/mol. The molecule has 1 aromatic heterocycles. The van der Waals surface area contributed by atoms with Gasteiger partial charge in [0.2, 0.25) is 0 Å². The Morgan fingerprint density at radius 2 is 2.00 bits per heavy atom. The van der Waals surface area contributed by atoms with Crippen LogP contribution in [0.25, 0.3) is 0 Å². The van der Waals surface area contributed by atoms with Crippen LogP contribution in [0.5, 0.6) is 0 Å². The third kappa shape index (κ3) is 3.06. The van der Waals surface area contributed by atoms with Crippen LogP contribution in [-0.4, -0.2) is 4.98 Å². The lowest BCUT2D eigenvalue weighted by Gasteiger charge is -2.15. The molecule has 0 radical (unpaired) electrons. The molecule has 1 atom stereocenters. The number of hydrogen-bond acceptors (Lipinski definition) is 4. The Hall–Kier alpha value is -2.56. The number of aromatic nitrogens is 1. The monoisotopic (exact) mass is 282 g/mol. The summed E-state index contributed by atoms with van der Waals surface area (Å²) in [5.41, 5.74) is 1.77. The van der Waals surface area contributed by atoms with Crippen molar-refractivity contribution in [2.45, 2.75) is 13.0 Å². The highest BCUT2D eigenvalue weighted by Gasteiger charge is 2.08. The normalized spacial score (nSPS) is 11.2. The third-order valence-electron chi connectivity index (χ3n) is 2.83. The zero-order valence-electron chi connectivity index (χ0n) is 10.8. The Balaban J connectivity index is 2.21. The van der Waals surface area contributed by atoms with Crippen LogP contribution in [0.3, 0.4) is 0 Å². The van der Waals surface area contributed by atoms with Crippen LogP contribution < -0.4 is 5.32 Å². The fourth-order valence-electron chi connectivity index (χ4n) is 1.78. The van der Waals surface area contributed by atoms with Gasteiger partial charge in [0.05, 0.1) is 16.7 Å². The van der Waals surface area contributed by atoms with E-state index in [0.29, 0.717) is 16.4 Å². The maximum Gasteiger partial charge on any atom is 0.161 e. The fourth-order valence-corrected chi connectivity index (χ4v) is 1.93. The van der Waals surface area contributed by atoms with Gasteiger partial charge in [0.1, 0.15) is 11.9 Å². The van der Waals surface area contributed by atoms with E-state index in [9.17, 15) is 0 Å². The van der Waals surface area contributed by atoms with E-state index in [1.165, 1.54) is 0 Å². The molecule has 0 saturated carbocycles. The number of nitrogens with one attached hydrogen (secondary N) is 1. The van der Waals surface area contributed by atoms with E-state index < -0.39 is 0 Å². The quantitative estimate of drug-likeness (QED) is 0.932. The van der Waals surface area contributed by atoms with Crippen LogP contribution >= 0.6 is 11.6 Å². The molecule has 2 aromatic rings. The summed E-state index contributed by atoms with van der Waals surface area (Å²) in [6.45, 7) is 1.96. The predicted molar refractivity (Wildman–Crippen MR) is 77.2 cm³/mol. The Kier molecular flexibility index (Phi) is 4.20. The highest BCUT2D eigenvalue weighted by atomic mass is 35.5.